The van der Waals surface area contributed by atoms with Gasteiger partial charge in [0.15, 0.2) is 0 Å². The summed E-state index contributed by atoms with van der Waals surface area (Å²) in [5, 5.41) is 8.49. The van der Waals surface area contributed by atoms with E-state index in [1.807, 2.05) is 32.0 Å². The molecule has 0 saturated carbocycles. The topological polar surface area (TPSA) is 58.6 Å². The molecule has 0 fully saturated rings. The molecular formula is C12H17NO3. The predicted octanol–water partition coefficient (Wildman–Crippen LogP) is 1.83. The van der Waals surface area contributed by atoms with Crippen molar-refractivity contribution in [3.8, 4) is 5.75 Å². The van der Waals surface area contributed by atoms with E-state index in [-0.39, 0.29) is 6.42 Å². The number of aryl methyl sites for hydroxylation is 1. The maximum atomic E-state index is 11.1. The SMILES string of the molecule is CCCOc1ccc(C)cc1CC(=O)NO. The number of nitrogens with one attached hydrogen (secondary N) is 1. The Bertz CT molecular complexity index is 363. The summed E-state index contributed by atoms with van der Waals surface area (Å²) in [7, 11) is 0. The zero-order valence-electron chi connectivity index (χ0n) is 9.62. The molecular weight excluding hydrogens is 206 g/mol. The minimum atomic E-state index is -0.438. The molecule has 0 spiro atoms. The van der Waals surface area contributed by atoms with Crippen LogP contribution in [0.2, 0.25) is 0 Å². The van der Waals surface area contributed by atoms with Gasteiger partial charge in [0.2, 0.25) is 5.91 Å². The largest absolute Gasteiger partial charge is 0.493 e. The summed E-state index contributed by atoms with van der Waals surface area (Å²) in [5.41, 5.74) is 3.47. The van der Waals surface area contributed by atoms with Crippen molar-refractivity contribution in [1.29, 1.82) is 0 Å². The van der Waals surface area contributed by atoms with Crippen LogP contribution in [0.15, 0.2) is 18.2 Å². The van der Waals surface area contributed by atoms with Crippen molar-refractivity contribution in [1.82, 2.24) is 5.48 Å². The summed E-state index contributed by atoms with van der Waals surface area (Å²) < 4.78 is 5.53. The van der Waals surface area contributed by atoms with E-state index in [2.05, 4.69) is 0 Å². The summed E-state index contributed by atoms with van der Waals surface area (Å²) in [5.74, 6) is 0.267. The van der Waals surface area contributed by atoms with Gasteiger partial charge < -0.3 is 4.74 Å². The summed E-state index contributed by atoms with van der Waals surface area (Å²) >= 11 is 0. The second-order valence-electron chi connectivity index (χ2n) is 3.67. The summed E-state index contributed by atoms with van der Waals surface area (Å²) in [6.07, 6.45) is 1.04. The van der Waals surface area contributed by atoms with Crippen molar-refractivity contribution < 1.29 is 14.7 Å². The smallest absolute Gasteiger partial charge is 0.247 e. The predicted molar refractivity (Wildman–Crippen MR) is 60.6 cm³/mol. The Morgan fingerprint density at radius 2 is 2.25 bits per heavy atom. The fourth-order valence-electron chi connectivity index (χ4n) is 1.41. The lowest BCUT2D eigenvalue weighted by atomic mass is 10.1. The number of carbonyl (C=O) groups excluding carboxylic acids is 1. The number of hydroxylamine groups is 1. The first-order chi connectivity index (χ1) is 7.67. The van der Waals surface area contributed by atoms with Gasteiger partial charge in [-0.3, -0.25) is 10.0 Å². The molecule has 0 unspecified atom stereocenters. The molecule has 0 aliphatic carbocycles. The molecule has 0 aliphatic rings. The minimum absolute atomic E-state index is 0.122. The van der Waals surface area contributed by atoms with Crippen LogP contribution in [0.1, 0.15) is 24.5 Å². The quantitative estimate of drug-likeness (QED) is 0.591. The van der Waals surface area contributed by atoms with Crippen LogP contribution < -0.4 is 10.2 Å². The zero-order chi connectivity index (χ0) is 12.0. The molecule has 0 bridgehead atoms. The Kier molecular flexibility index (Phi) is 4.79. The first-order valence-corrected chi connectivity index (χ1v) is 5.32. The first-order valence-electron chi connectivity index (χ1n) is 5.32. The maximum absolute atomic E-state index is 11.1. The average molecular weight is 223 g/mol. The van der Waals surface area contributed by atoms with Crippen molar-refractivity contribution in [3.05, 3.63) is 29.3 Å². The van der Waals surface area contributed by atoms with Crippen LogP contribution in [-0.4, -0.2) is 17.7 Å². The highest BCUT2D eigenvalue weighted by atomic mass is 16.5. The van der Waals surface area contributed by atoms with Crippen molar-refractivity contribution in [3.63, 3.8) is 0 Å². The van der Waals surface area contributed by atoms with Gasteiger partial charge in [0.05, 0.1) is 13.0 Å². The highest BCUT2D eigenvalue weighted by Crippen LogP contribution is 2.20. The molecule has 0 heterocycles. The van der Waals surface area contributed by atoms with Gasteiger partial charge >= 0.3 is 0 Å². The molecule has 1 rings (SSSR count). The Morgan fingerprint density at radius 1 is 1.50 bits per heavy atom. The van der Waals surface area contributed by atoms with Crippen LogP contribution in [0.4, 0.5) is 0 Å². The van der Waals surface area contributed by atoms with Gasteiger partial charge in [-0.05, 0) is 19.4 Å². The number of rotatable bonds is 5. The number of hydrogen-bond donors (Lipinski definition) is 2. The van der Waals surface area contributed by atoms with Gasteiger partial charge in [-0.15, -0.1) is 0 Å². The Balaban J connectivity index is 2.84. The van der Waals surface area contributed by atoms with E-state index in [1.54, 1.807) is 5.48 Å². The molecule has 4 nitrogen and oxygen atoms in total. The number of hydrogen-bond acceptors (Lipinski definition) is 3. The summed E-state index contributed by atoms with van der Waals surface area (Å²) in [4.78, 5) is 11.1. The molecule has 0 atom stereocenters. The molecule has 0 radical (unpaired) electrons. The number of amides is 1. The lowest BCUT2D eigenvalue weighted by Crippen LogP contribution is -2.21. The van der Waals surface area contributed by atoms with E-state index in [4.69, 9.17) is 9.94 Å². The van der Waals surface area contributed by atoms with Crippen molar-refractivity contribution in [2.75, 3.05) is 6.61 Å². The van der Waals surface area contributed by atoms with Gasteiger partial charge in [0.1, 0.15) is 5.75 Å². The van der Waals surface area contributed by atoms with E-state index in [1.165, 1.54) is 0 Å². The van der Waals surface area contributed by atoms with E-state index in [0.29, 0.717) is 12.4 Å². The van der Waals surface area contributed by atoms with E-state index in [0.717, 1.165) is 17.5 Å². The van der Waals surface area contributed by atoms with Gasteiger partial charge in [-0.1, -0.05) is 24.6 Å². The molecule has 1 amide bonds. The van der Waals surface area contributed by atoms with Gasteiger partial charge in [0, 0.05) is 5.56 Å². The Hall–Kier alpha value is -1.55. The van der Waals surface area contributed by atoms with Crippen molar-refractivity contribution in [2.24, 2.45) is 0 Å². The van der Waals surface area contributed by atoms with Gasteiger partial charge in [0.25, 0.3) is 0 Å². The zero-order valence-corrected chi connectivity index (χ0v) is 9.62. The second-order valence-corrected chi connectivity index (χ2v) is 3.67. The summed E-state index contributed by atoms with van der Waals surface area (Å²) in [6.45, 7) is 4.59. The minimum Gasteiger partial charge on any atom is -0.493 e. The average Bonchev–Trinajstić information content (AvgIpc) is 2.28. The molecule has 0 aromatic heterocycles. The normalized spacial score (nSPS) is 9.94. The van der Waals surface area contributed by atoms with Crippen molar-refractivity contribution in [2.45, 2.75) is 26.7 Å². The third kappa shape index (κ3) is 3.55. The van der Waals surface area contributed by atoms with Crippen molar-refractivity contribution >= 4 is 5.91 Å². The third-order valence-corrected chi connectivity index (χ3v) is 2.15. The van der Waals surface area contributed by atoms with Crippen LogP contribution in [0, 0.1) is 6.92 Å². The molecule has 16 heavy (non-hydrogen) atoms. The second kappa shape index (κ2) is 6.12. The molecule has 0 aliphatic heterocycles. The molecule has 1 aromatic carbocycles. The fourth-order valence-corrected chi connectivity index (χ4v) is 1.41. The van der Waals surface area contributed by atoms with Crippen LogP contribution in [0.3, 0.4) is 0 Å². The molecule has 4 heteroatoms. The summed E-state index contributed by atoms with van der Waals surface area (Å²) in [6, 6.07) is 5.68. The highest BCUT2D eigenvalue weighted by Gasteiger charge is 2.08. The lowest BCUT2D eigenvalue weighted by Gasteiger charge is -2.11. The van der Waals surface area contributed by atoms with Crippen LogP contribution in [-0.2, 0) is 11.2 Å². The van der Waals surface area contributed by atoms with Gasteiger partial charge in [-0.2, -0.15) is 0 Å². The highest BCUT2D eigenvalue weighted by molar-refractivity contribution is 5.78. The standard InChI is InChI=1S/C12H17NO3/c1-3-6-16-11-5-4-9(2)7-10(11)8-12(14)13-15/h4-5,7,15H,3,6,8H2,1-2H3,(H,13,14). The molecule has 0 saturated heterocycles. The number of ether oxygens (including phenoxy) is 1. The Morgan fingerprint density at radius 3 is 2.88 bits per heavy atom. The van der Waals surface area contributed by atoms with Crippen LogP contribution in [0.25, 0.3) is 0 Å². The Labute approximate surface area is 95.2 Å². The fraction of sp³-hybridized carbons (Fsp3) is 0.417. The van der Waals surface area contributed by atoms with Gasteiger partial charge in [-0.25, -0.2) is 5.48 Å². The van der Waals surface area contributed by atoms with Crippen LogP contribution in [0.5, 0.6) is 5.75 Å². The molecule has 2 N–H and O–H groups in total. The molecule has 88 valence electrons. The monoisotopic (exact) mass is 223 g/mol. The van der Waals surface area contributed by atoms with E-state index >= 15 is 0 Å². The molecule has 1 aromatic rings. The first kappa shape index (κ1) is 12.5. The van der Waals surface area contributed by atoms with E-state index < -0.39 is 5.91 Å². The lowest BCUT2D eigenvalue weighted by molar-refractivity contribution is -0.128. The van der Waals surface area contributed by atoms with Crippen LogP contribution >= 0.6 is 0 Å². The van der Waals surface area contributed by atoms with E-state index in [9.17, 15) is 4.79 Å². The number of carbonyl (C=O) groups is 1. The number of benzene rings is 1. The third-order valence-electron chi connectivity index (χ3n) is 2.15. The maximum Gasteiger partial charge on any atom is 0.247 e.